The largest absolute Gasteiger partial charge is 0.357 e. The van der Waals surface area contributed by atoms with Gasteiger partial charge in [-0.05, 0) is 19.9 Å². The molecule has 0 aliphatic rings. The van der Waals surface area contributed by atoms with Gasteiger partial charge < -0.3 is 10.2 Å². The lowest BCUT2D eigenvalue weighted by Gasteiger charge is -2.21. The van der Waals surface area contributed by atoms with Gasteiger partial charge in [0.15, 0.2) is 0 Å². The van der Waals surface area contributed by atoms with E-state index in [9.17, 15) is 0 Å². The fourth-order valence-electron chi connectivity index (χ4n) is 1.98. The van der Waals surface area contributed by atoms with Gasteiger partial charge in [-0.25, -0.2) is 4.98 Å². The predicted octanol–water partition coefficient (Wildman–Crippen LogP) is 2.78. The van der Waals surface area contributed by atoms with Crippen molar-refractivity contribution >= 4 is 33.3 Å². The number of hydrogen-bond acceptors (Lipinski definition) is 6. The van der Waals surface area contributed by atoms with Crippen molar-refractivity contribution in [1.29, 1.82) is 5.26 Å². The first-order valence-corrected chi connectivity index (χ1v) is 7.09. The number of nitrogens with one attached hydrogen (secondary N) is 1. The Bertz CT molecular complexity index is 613. The van der Waals surface area contributed by atoms with Gasteiger partial charge in [0.05, 0.1) is 17.9 Å². The summed E-state index contributed by atoms with van der Waals surface area (Å²) in [5.41, 5.74) is 0. The standard InChI is InChI=1S/C13H17N5S/c1-4-18(7-5-6-14)11-10-8-9(2)19-12(10)17-13(15-3)16-11/h8H,4-5,7H2,1-3H3,(H,15,16,17). The van der Waals surface area contributed by atoms with Crippen LogP contribution in [0.2, 0.25) is 0 Å². The number of thiophene rings is 1. The molecule has 2 heterocycles. The van der Waals surface area contributed by atoms with Crippen LogP contribution in [-0.4, -0.2) is 30.1 Å². The summed E-state index contributed by atoms with van der Waals surface area (Å²) >= 11 is 1.66. The van der Waals surface area contributed by atoms with Crippen LogP contribution >= 0.6 is 11.3 Å². The maximum absolute atomic E-state index is 8.76. The van der Waals surface area contributed by atoms with Crippen molar-refractivity contribution in [3.05, 3.63) is 10.9 Å². The number of aromatic nitrogens is 2. The number of fused-ring (bicyclic) bond motifs is 1. The fraction of sp³-hybridized carbons (Fsp3) is 0.462. The van der Waals surface area contributed by atoms with Crippen LogP contribution in [0.3, 0.4) is 0 Å². The van der Waals surface area contributed by atoms with Crippen molar-refractivity contribution in [3.8, 4) is 6.07 Å². The van der Waals surface area contributed by atoms with Crippen LogP contribution in [0.15, 0.2) is 6.07 Å². The first-order chi connectivity index (χ1) is 9.19. The lowest BCUT2D eigenvalue weighted by atomic mass is 10.3. The molecule has 5 nitrogen and oxygen atoms in total. The van der Waals surface area contributed by atoms with Crippen molar-refractivity contribution in [2.75, 3.05) is 30.4 Å². The van der Waals surface area contributed by atoms with Crippen LogP contribution in [0.25, 0.3) is 10.2 Å². The third-order valence-corrected chi connectivity index (χ3v) is 3.84. The highest BCUT2D eigenvalue weighted by Crippen LogP contribution is 2.31. The van der Waals surface area contributed by atoms with E-state index in [0.29, 0.717) is 18.9 Å². The molecule has 0 unspecified atom stereocenters. The quantitative estimate of drug-likeness (QED) is 0.909. The molecule has 0 radical (unpaired) electrons. The third kappa shape index (κ3) is 2.76. The van der Waals surface area contributed by atoms with Crippen molar-refractivity contribution in [2.45, 2.75) is 20.3 Å². The number of nitriles is 1. The Morgan fingerprint density at radius 1 is 1.47 bits per heavy atom. The van der Waals surface area contributed by atoms with E-state index in [4.69, 9.17) is 5.26 Å². The van der Waals surface area contributed by atoms with Gasteiger partial charge in [0.1, 0.15) is 10.6 Å². The SMILES string of the molecule is CCN(CCC#N)c1nc(NC)nc2sc(C)cc12. The molecular weight excluding hydrogens is 258 g/mol. The van der Waals surface area contributed by atoms with Gasteiger partial charge in [0.25, 0.3) is 0 Å². The second kappa shape index (κ2) is 5.85. The van der Waals surface area contributed by atoms with E-state index < -0.39 is 0 Å². The molecule has 0 atom stereocenters. The second-order valence-electron chi connectivity index (χ2n) is 4.18. The lowest BCUT2D eigenvalue weighted by Crippen LogP contribution is -2.25. The average molecular weight is 275 g/mol. The highest BCUT2D eigenvalue weighted by molar-refractivity contribution is 7.18. The van der Waals surface area contributed by atoms with Crippen LogP contribution in [0.1, 0.15) is 18.2 Å². The molecule has 2 aromatic rings. The van der Waals surface area contributed by atoms with Gasteiger partial charge >= 0.3 is 0 Å². The van der Waals surface area contributed by atoms with Crippen LogP contribution in [-0.2, 0) is 0 Å². The molecule has 19 heavy (non-hydrogen) atoms. The fourth-order valence-corrected chi connectivity index (χ4v) is 2.85. The molecule has 0 aliphatic carbocycles. The molecular formula is C13H17N5S. The van der Waals surface area contributed by atoms with Crippen molar-refractivity contribution in [2.24, 2.45) is 0 Å². The number of nitrogens with zero attached hydrogens (tertiary/aromatic N) is 4. The van der Waals surface area contributed by atoms with Gasteiger partial charge in [-0.2, -0.15) is 10.2 Å². The Hall–Kier alpha value is -1.87. The number of rotatable bonds is 5. The van der Waals surface area contributed by atoms with E-state index >= 15 is 0 Å². The molecule has 0 spiro atoms. The summed E-state index contributed by atoms with van der Waals surface area (Å²) in [6, 6.07) is 4.30. The summed E-state index contributed by atoms with van der Waals surface area (Å²) in [5, 5.41) is 12.8. The van der Waals surface area contributed by atoms with Crippen molar-refractivity contribution in [1.82, 2.24) is 9.97 Å². The minimum absolute atomic E-state index is 0.497. The van der Waals surface area contributed by atoms with Gasteiger partial charge in [0, 0.05) is 25.0 Å². The normalized spacial score (nSPS) is 10.4. The predicted molar refractivity (Wildman–Crippen MR) is 79.8 cm³/mol. The summed E-state index contributed by atoms with van der Waals surface area (Å²) < 4.78 is 0. The third-order valence-electron chi connectivity index (χ3n) is 2.89. The molecule has 2 rings (SSSR count). The smallest absolute Gasteiger partial charge is 0.225 e. The molecule has 0 saturated heterocycles. The van der Waals surface area contributed by atoms with E-state index in [-0.39, 0.29) is 0 Å². The summed E-state index contributed by atoms with van der Waals surface area (Å²) in [5.74, 6) is 1.54. The minimum Gasteiger partial charge on any atom is -0.357 e. The molecule has 0 fully saturated rings. The van der Waals surface area contributed by atoms with Crippen LogP contribution in [0.4, 0.5) is 11.8 Å². The van der Waals surface area contributed by atoms with Gasteiger partial charge in [-0.3, -0.25) is 0 Å². The van der Waals surface area contributed by atoms with Gasteiger partial charge in [0.2, 0.25) is 5.95 Å². The Balaban J connectivity index is 2.52. The Kier molecular flexibility index (Phi) is 4.17. The monoisotopic (exact) mass is 275 g/mol. The first kappa shape index (κ1) is 13.6. The molecule has 0 aliphatic heterocycles. The topological polar surface area (TPSA) is 64.8 Å². The van der Waals surface area contributed by atoms with Crippen LogP contribution in [0, 0.1) is 18.3 Å². The number of aryl methyl sites for hydroxylation is 1. The molecule has 1 N–H and O–H groups in total. The molecule has 2 aromatic heterocycles. The molecule has 0 amide bonds. The molecule has 6 heteroatoms. The molecule has 100 valence electrons. The summed E-state index contributed by atoms with van der Waals surface area (Å²) in [6.45, 7) is 5.66. The maximum atomic E-state index is 8.76. The zero-order chi connectivity index (χ0) is 13.8. The van der Waals surface area contributed by atoms with Crippen LogP contribution < -0.4 is 10.2 Å². The summed E-state index contributed by atoms with van der Waals surface area (Å²) in [7, 11) is 1.82. The second-order valence-corrected chi connectivity index (χ2v) is 5.42. The highest BCUT2D eigenvalue weighted by atomic mass is 32.1. The highest BCUT2D eigenvalue weighted by Gasteiger charge is 2.14. The maximum Gasteiger partial charge on any atom is 0.225 e. The summed E-state index contributed by atoms with van der Waals surface area (Å²) in [6.07, 6.45) is 0.497. The van der Waals surface area contributed by atoms with E-state index in [1.54, 1.807) is 11.3 Å². The number of hydrogen-bond donors (Lipinski definition) is 1. The van der Waals surface area contributed by atoms with Crippen molar-refractivity contribution in [3.63, 3.8) is 0 Å². The lowest BCUT2D eigenvalue weighted by molar-refractivity contribution is 0.814. The van der Waals surface area contributed by atoms with Crippen molar-refractivity contribution < 1.29 is 0 Å². The zero-order valence-corrected chi connectivity index (χ0v) is 12.2. The first-order valence-electron chi connectivity index (χ1n) is 6.27. The Morgan fingerprint density at radius 3 is 2.89 bits per heavy atom. The molecule has 0 bridgehead atoms. The zero-order valence-electron chi connectivity index (χ0n) is 11.4. The van der Waals surface area contributed by atoms with E-state index in [2.05, 4.69) is 46.2 Å². The summed E-state index contributed by atoms with van der Waals surface area (Å²) in [4.78, 5) is 13.4. The minimum atomic E-state index is 0.497. The van der Waals surface area contributed by atoms with E-state index in [0.717, 1.165) is 22.6 Å². The number of anilines is 2. The van der Waals surface area contributed by atoms with Gasteiger partial charge in [-0.15, -0.1) is 11.3 Å². The van der Waals surface area contributed by atoms with E-state index in [1.807, 2.05) is 7.05 Å². The molecule has 0 saturated carbocycles. The van der Waals surface area contributed by atoms with Gasteiger partial charge in [-0.1, -0.05) is 0 Å². The van der Waals surface area contributed by atoms with Crippen LogP contribution in [0.5, 0.6) is 0 Å². The average Bonchev–Trinajstić information content (AvgIpc) is 2.79. The Labute approximate surface area is 116 Å². The molecule has 0 aromatic carbocycles. The Morgan fingerprint density at radius 2 is 2.26 bits per heavy atom. The van der Waals surface area contributed by atoms with E-state index in [1.165, 1.54) is 4.88 Å².